The van der Waals surface area contributed by atoms with Crippen LogP contribution >= 0.6 is 11.8 Å². The summed E-state index contributed by atoms with van der Waals surface area (Å²) in [4.78, 5) is 17.4. The molecule has 1 N–H and O–H groups in total. The van der Waals surface area contributed by atoms with Crippen molar-refractivity contribution >= 4 is 39.7 Å². The summed E-state index contributed by atoms with van der Waals surface area (Å²) in [5, 5.41) is 12.9. The van der Waals surface area contributed by atoms with Crippen LogP contribution in [-0.4, -0.2) is 38.0 Å². The molecule has 2 heterocycles. The van der Waals surface area contributed by atoms with Crippen LogP contribution in [0.1, 0.15) is 18.9 Å². The highest BCUT2D eigenvalue weighted by atomic mass is 32.2. The number of carbonyl (C=O) groups is 1. The molecule has 4 aromatic rings. The summed E-state index contributed by atoms with van der Waals surface area (Å²) in [5.74, 6) is 0.750. The smallest absolute Gasteiger partial charge is 0.233 e. The fourth-order valence-electron chi connectivity index (χ4n) is 3.34. The summed E-state index contributed by atoms with van der Waals surface area (Å²) in [7, 11) is 3.60. The van der Waals surface area contributed by atoms with Crippen molar-refractivity contribution in [1.29, 1.82) is 0 Å². The zero-order valence-corrected chi connectivity index (χ0v) is 17.9. The number of hydrogen-bond donors (Lipinski definition) is 1. The molecule has 0 aliphatic rings. The third-order valence-corrected chi connectivity index (χ3v) is 6.24. The Bertz CT molecular complexity index is 1190. The van der Waals surface area contributed by atoms with E-state index < -0.39 is 0 Å². The molecule has 0 fully saturated rings. The van der Waals surface area contributed by atoms with E-state index in [2.05, 4.69) is 20.5 Å². The minimum atomic E-state index is -0.294. The van der Waals surface area contributed by atoms with E-state index in [4.69, 9.17) is 4.74 Å². The lowest BCUT2D eigenvalue weighted by Crippen LogP contribution is -2.32. The van der Waals surface area contributed by atoms with Gasteiger partial charge in [-0.3, -0.25) is 4.79 Å². The van der Waals surface area contributed by atoms with Crippen molar-refractivity contribution in [3.63, 3.8) is 0 Å². The number of para-hydroxylation sites is 1. The highest BCUT2D eigenvalue weighted by molar-refractivity contribution is 8.00. The molecule has 0 saturated carbocycles. The number of rotatable bonds is 7. The van der Waals surface area contributed by atoms with Crippen LogP contribution in [0.2, 0.25) is 0 Å². The molecule has 2 aromatic carbocycles. The molecule has 1 unspecified atom stereocenters. The quantitative estimate of drug-likeness (QED) is 0.458. The molecular weight excluding hydrogens is 398 g/mol. The number of carbonyl (C=O) groups excluding carboxylic acids is 1. The number of fused-ring (bicyclic) bond motifs is 3. The van der Waals surface area contributed by atoms with Gasteiger partial charge in [-0.1, -0.05) is 49.0 Å². The van der Waals surface area contributed by atoms with Gasteiger partial charge in [0.25, 0.3) is 0 Å². The molecule has 7 nitrogen and oxygen atoms in total. The maximum Gasteiger partial charge on any atom is 0.233 e. The van der Waals surface area contributed by atoms with Crippen molar-refractivity contribution in [1.82, 2.24) is 25.1 Å². The molecule has 1 amide bonds. The van der Waals surface area contributed by atoms with E-state index in [1.165, 1.54) is 11.8 Å². The summed E-state index contributed by atoms with van der Waals surface area (Å²) < 4.78 is 7.17. The van der Waals surface area contributed by atoms with Crippen molar-refractivity contribution in [2.75, 3.05) is 7.11 Å². The van der Waals surface area contributed by atoms with Crippen LogP contribution in [0.3, 0.4) is 0 Å². The summed E-state index contributed by atoms with van der Waals surface area (Å²) in [5.41, 5.74) is 3.61. The van der Waals surface area contributed by atoms with E-state index in [1.54, 1.807) is 7.11 Å². The zero-order valence-electron chi connectivity index (χ0n) is 17.1. The topological polar surface area (TPSA) is 81.9 Å². The Kier molecular flexibility index (Phi) is 5.85. The van der Waals surface area contributed by atoms with Gasteiger partial charge in [0.15, 0.2) is 5.65 Å². The minimum absolute atomic E-state index is 0.0425. The molecule has 0 radical (unpaired) electrons. The van der Waals surface area contributed by atoms with Crippen molar-refractivity contribution < 1.29 is 9.53 Å². The number of benzene rings is 2. The van der Waals surface area contributed by atoms with Crippen molar-refractivity contribution in [2.45, 2.75) is 30.3 Å². The molecule has 2 aromatic heterocycles. The first-order valence-electron chi connectivity index (χ1n) is 9.76. The van der Waals surface area contributed by atoms with Crippen LogP contribution in [0, 0.1) is 0 Å². The summed E-state index contributed by atoms with van der Waals surface area (Å²) in [6, 6.07) is 15.7. The molecule has 0 aliphatic heterocycles. The summed E-state index contributed by atoms with van der Waals surface area (Å²) in [6.45, 7) is 2.44. The SMILES string of the molecule is CCC(Sc1nnc2c3ccccc3n(C)c2n1)C(=O)NCc1ccc(OC)cc1. The Hall–Kier alpha value is -3.13. The normalized spacial score (nSPS) is 12.2. The molecular formula is C22H23N5O2S. The molecule has 1 atom stereocenters. The largest absolute Gasteiger partial charge is 0.497 e. The van der Waals surface area contributed by atoms with Gasteiger partial charge in [-0.15, -0.1) is 10.2 Å². The molecule has 154 valence electrons. The maximum atomic E-state index is 12.7. The monoisotopic (exact) mass is 421 g/mol. The Balaban J connectivity index is 1.48. The highest BCUT2D eigenvalue weighted by Crippen LogP contribution is 2.28. The second-order valence-electron chi connectivity index (χ2n) is 6.92. The summed E-state index contributed by atoms with van der Waals surface area (Å²) >= 11 is 1.34. The van der Waals surface area contributed by atoms with Crippen molar-refractivity contribution in [2.24, 2.45) is 7.05 Å². The average Bonchev–Trinajstić information content (AvgIpc) is 3.08. The lowest BCUT2D eigenvalue weighted by molar-refractivity contribution is -0.120. The highest BCUT2D eigenvalue weighted by Gasteiger charge is 2.21. The molecule has 8 heteroatoms. The van der Waals surface area contributed by atoms with E-state index in [0.29, 0.717) is 18.1 Å². The number of amides is 1. The standard InChI is InChI=1S/C22H23N5O2S/c1-4-18(21(28)23-13-14-9-11-15(29-3)12-10-14)30-22-24-20-19(25-26-22)16-7-5-6-8-17(16)27(20)2/h5-12,18H,4,13H2,1-3H3,(H,23,28). The molecule has 30 heavy (non-hydrogen) atoms. The number of aromatic nitrogens is 4. The van der Waals surface area contributed by atoms with E-state index >= 15 is 0 Å². The van der Waals surface area contributed by atoms with E-state index in [0.717, 1.165) is 33.4 Å². The van der Waals surface area contributed by atoms with Crippen LogP contribution in [0.5, 0.6) is 5.75 Å². The number of hydrogen-bond acceptors (Lipinski definition) is 6. The molecule has 0 saturated heterocycles. The van der Waals surface area contributed by atoms with Crippen molar-refractivity contribution in [3.05, 3.63) is 54.1 Å². The molecule has 0 spiro atoms. The van der Waals surface area contributed by atoms with Crippen LogP contribution in [0.15, 0.2) is 53.7 Å². The van der Waals surface area contributed by atoms with E-state index in [1.807, 2.05) is 67.1 Å². The zero-order chi connectivity index (χ0) is 21.1. The first-order chi connectivity index (χ1) is 14.6. The fourth-order valence-corrected chi connectivity index (χ4v) is 4.18. The predicted molar refractivity (Wildman–Crippen MR) is 119 cm³/mol. The van der Waals surface area contributed by atoms with Gasteiger partial charge in [0.05, 0.1) is 17.9 Å². The summed E-state index contributed by atoms with van der Waals surface area (Å²) in [6.07, 6.45) is 0.662. The van der Waals surface area contributed by atoms with Gasteiger partial charge in [0.2, 0.25) is 11.1 Å². The number of nitrogens with zero attached hydrogens (tertiary/aromatic N) is 4. The van der Waals surface area contributed by atoms with Crippen LogP contribution in [-0.2, 0) is 18.4 Å². The molecule has 4 rings (SSSR count). The Morgan fingerprint density at radius 2 is 1.93 bits per heavy atom. The molecule has 0 bridgehead atoms. The number of aryl methyl sites for hydroxylation is 1. The second-order valence-corrected chi connectivity index (χ2v) is 8.09. The van der Waals surface area contributed by atoms with E-state index in [-0.39, 0.29) is 11.2 Å². The van der Waals surface area contributed by atoms with E-state index in [9.17, 15) is 4.79 Å². The number of nitrogens with one attached hydrogen (secondary N) is 1. The van der Waals surface area contributed by atoms with Crippen LogP contribution < -0.4 is 10.1 Å². The first kappa shape index (κ1) is 20.2. The predicted octanol–water partition coefficient (Wildman–Crippen LogP) is 3.71. The van der Waals surface area contributed by atoms with Gasteiger partial charge in [0.1, 0.15) is 11.3 Å². The van der Waals surface area contributed by atoms with Gasteiger partial charge >= 0.3 is 0 Å². The average molecular weight is 422 g/mol. The van der Waals surface area contributed by atoms with Crippen LogP contribution in [0.4, 0.5) is 0 Å². The Labute approximate surface area is 178 Å². The Morgan fingerprint density at radius 3 is 2.67 bits per heavy atom. The minimum Gasteiger partial charge on any atom is -0.497 e. The number of thioether (sulfide) groups is 1. The lowest BCUT2D eigenvalue weighted by Gasteiger charge is -2.14. The van der Waals surface area contributed by atoms with Gasteiger partial charge in [-0.2, -0.15) is 0 Å². The first-order valence-corrected chi connectivity index (χ1v) is 10.6. The number of ether oxygens (including phenoxy) is 1. The fraction of sp³-hybridized carbons (Fsp3) is 0.273. The number of methoxy groups -OCH3 is 1. The van der Waals surface area contributed by atoms with Crippen LogP contribution in [0.25, 0.3) is 22.1 Å². The van der Waals surface area contributed by atoms with Gasteiger partial charge in [-0.05, 0) is 30.2 Å². The third kappa shape index (κ3) is 3.95. The lowest BCUT2D eigenvalue weighted by atomic mass is 10.2. The second kappa shape index (κ2) is 8.71. The van der Waals surface area contributed by atoms with Gasteiger partial charge < -0.3 is 14.6 Å². The Morgan fingerprint density at radius 1 is 1.17 bits per heavy atom. The van der Waals surface area contributed by atoms with Crippen molar-refractivity contribution in [3.8, 4) is 5.75 Å². The van der Waals surface area contributed by atoms with Gasteiger partial charge in [0, 0.05) is 19.0 Å². The maximum absolute atomic E-state index is 12.7. The molecule has 0 aliphatic carbocycles. The van der Waals surface area contributed by atoms with Gasteiger partial charge in [-0.25, -0.2) is 4.98 Å². The third-order valence-electron chi connectivity index (χ3n) is 5.02.